The molecule has 0 spiro atoms. The largest absolute Gasteiger partial charge is 0.294 e. The number of hydrogen-bond donors (Lipinski definition) is 1. The van der Waals surface area contributed by atoms with Crippen LogP contribution in [0.5, 0.6) is 0 Å². The molecule has 1 aromatic heterocycles. The summed E-state index contributed by atoms with van der Waals surface area (Å²) in [4.78, 5) is 16.4. The van der Waals surface area contributed by atoms with E-state index in [1.54, 1.807) is 0 Å². The Labute approximate surface area is 153 Å². The highest BCUT2D eigenvalue weighted by Crippen LogP contribution is 2.25. The zero-order valence-corrected chi connectivity index (χ0v) is 14.2. The van der Waals surface area contributed by atoms with Gasteiger partial charge >= 0.3 is 0 Å². The van der Waals surface area contributed by atoms with Crippen LogP contribution in [-0.2, 0) is 6.54 Å². The zero-order valence-electron chi connectivity index (χ0n) is 14.2. The Kier molecular flexibility index (Phi) is 5.12. The van der Waals surface area contributed by atoms with Gasteiger partial charge in [-0.1, -0.05) is 12.1 Å². The van der Waals surface area contributed by atoms with Crippen LogP contribution in [-0.4, -0.2) is 16.0 Å². The van der Waals surface area contributed by atoms with Gasteiger partial charge < -0.3 is 0 Å². The molecule has 28 heavy (non-hydrogen) atoms. The number of nitrogens with one attached hydrogen (secondary N) is 1. The van der Waals surface area contributed by atoms with Crippen LogP contribution in [0.1, 0.15) is 16.8 Å². The Morgan fingerprint density at radius 3 is 2.04 bits per heavy atom. The molecule has 0 aliphatic carbocycles. The molecule has 4 nitrogen and oxygen atoms in total. The van der Waals surface area contributed by atoms with Crippen LogP contribution in [0.25, 0.3) is 5.69 Å². The Hall–Kier alpha value is -3.30. The van der Waals surface area contributed by atoms with Crippen LogP contribution in [0.3, 0.4) is 0 Å². The fraction of sp³-hybridized carbons (Fsp3) is 0.111. The molecule has 0 unspecified atom stereocenters. The van der Waals surface area contributed by atoms with Gasteiger partial charge in [-0.3, -0.25) is 14.9 Å². The molecule has 10 heteroatoms. The van der Waals surface area contributed by atoms with Gasteiger partial charge in [0.25, 0.3) is 5.56 Å². The number of H-pyrrole nitrogens is 1. The first kappa shape index (κ1) is 19.5. The average molecular weight is 399 g/mol. The number of halogens is 6. The molecule has 0 bridgehead atoms. The number of rotatable bonds is 4. The van der Waals surface area contributed by atoms with Crippen LogP contribution in [0.4, 0.5) is 26.3 Å². The predicted molar refractivity (Wildman–Crippen MR) is 88.6 cm³/mol. The van der Waals surface area contributed by atoms with Crippen molar-refractivity contribution in [3.63, 3.8) is 0 Å². The molecule has 0 fully saturated rings. The maximum atomic E-state index is 14.0. The van der Waals surface area contributed by atoms with E-state index >= 15 is 0 Å². The molecule has 0 aliphatic rings. The van der Waals surface area contributed by atoms with Crippen molar-refractivity contribution in [2.24, 2.45) is 4.99 Å². The number of nitrogens with zero attached hydrogens (tertiary/aromatic N) is 2. The number of aryl methyl sites for hydroxylation is 1. The predicted octanol–water partition coefficient (Wildman–Crippen LogP) is 3.93. The SMILES string of the molecule is Cc1[nH]n(-c2c(F)c(F)c(F)c(F)c2F)c(=O)c1C=NCc1ccc(F)cc1. The molecule has 0 amide bonds. The molecule has 0 saturated carbocycles. The lowest BCUT2D eigenvalue weighted by molar-refractivity contribution is 0.373. The van der Waals surface area contributed by atoms with Crippen LogP contribution in [0.15, 0.2) is 34.1 Å². The molecule has 0 atom stereocenters. The smallest absolute Gasteiger partial charge is 0.280 e. The summed E-state index contributed by atoms with van der Waals surface area (Å²) in [5, 5.41) is 2.27. The van der Waals surface area contributed by atoms with E-state index in [1.807, 2.05) is 0 Å². The van der Waals surface area contributed by atoms with Gasteiger partial charge in [0.05, 0.1) is 12.1 Å². The highest BCUT2D eigenvalue weighted by atomic mass is 19.2. The summed E-state index contributed by atoms with van der Waals surface area (Å²) >= 11 is 0. The van der Waals surface area contributed by atoms with Gasteiger partial charge in [0.2, 0.25) is 5.82 Å². The standard InChI is InChI=1S/C18H11F6N3O/c1-8-11(7-25-6-9-2-4-10(19)5-3-9)18(28)27(26-8)17-15(23)13(21)12(20)14(22)16(17)24/h2-5,7,26H,6H2,1H3. The highest BCUT2D eigenvalue weighted by Gasteiger charge is 2.28. The number of aromatic amines is 1. The van der Waals surface area contributed by atoms with Crippen molar-refractivity contribution in [2.45, 2.75) is 13.5 Å². The lowest BCUT2D eigenvalue weighted by Gasteiger charge is -2.08. The van der Waals surface area contributed by atoms with Gasteiger partial charge in [-0.15, -0.1) is 0 Å². The second-order valence-electron chi connectivity index (χ2n) is 5.81. The van der Waals surface area contributed by atoms with Gasteiger partial charge in [0, 0.05) is 11.9 Å². The van der Waals surface area contributed by atoms with Crippen molar-refractivity contribution in [1.82, 2.24) is 9.78 Å². The van der Waals surface area contributed by atoms with E-state index in [9.17, 15) is 31.1 Å². The Morgan fingerprint density at radius 2 is 1.46 bits per heavy atom. The first-order chi connectivity index (χ1) is 13.2. The van der Waals surface area contributed by atoms with Gasteiger partial charge in [0.15, 0.2) is 23.3 Å². The third-order valence-corrected chi connectivity index (χ3v) is 3.93. The van der Waals surface area contributed by atoms with E-state index in [-0.39, 0.29) is 22.5 Å². The van der Waals surface area contributed by atoms with Crippen molar-refractivity contribution in [3.05, 3.63) is 86.3 Å². The lowest BCUT2D eigenvalue weighted by Crippen LogP contribution is -2.21. The summed E-state index contributed by atoms with van der Waals surface area (Å²) in [5.41, 5.74) is -1.87. The van der Waals surface area contributed by atoms with Crippen molar-refractivity contribution in [3.8, 4) is 5.69 Å². The molecule has 1 N–H and O–H groups in total. The summed E-state index contributed by atoms with van der Waals surface area (Å²) in [6.07, 6.45) is 1.10. The van der Waals surface area contributed by atoms with Crippen molar-refractivity contribution >= 4 is 6.21 Å². The first-order valence-corrected chi connectivity index (χ1v) is 7.80. The van der Waals surface area contributed by atoms with Crippen molar-refractivity contribution in [1.29, 1.82) is 0 Å². The third kappa shape index (κ3) is 3.32. The summed E-state index contributed by atoms with van der Waals surface area (Å²) < 4.78 is 81.0. The van der Waals surface area contributed by atoms with E-state index in [2.05, 4.69) is 10.1 Å². The number of aliphatic imine (C=N–C) groups is 1. The van der Waals surface area contributed by atoms with E-state index < -0.39 is 46.1 Å². The molecule has 0 aliphatic heterocycles. The van der Waals surface area contributed by atoms with Gasteiger partial charge in [-0.25, -0.2) is 31.0 Å². The normalized spacial score (nSPS) is 11.5. The minimum atomic E-state index is -2.32. The topological polar surface area (TPSA) is 50.1 Å². The van der Waals surface area contributed by atoms with Gasteiger partial charge in [-0.2, -0.15) is 0 Å². The first-order valence-electron chi connectivity index (χ1n) is 7.80. The average Bonchev–Trinajstić information content (AvgIpc) is 2.94. The molecule has 0 radical (unpaired) electrons. The molecule has 0 saturated heterocycles. The number of aromatic nitrogens is 2. The minimum Gasteiger partial charge on any atom is -0.294 e. The van der Waals surface area contributed by atoms with Crippen molar-refractivity contribution in [2.75, 3.05) is 0 Å². The second kappa shape index (κ2) is 7.37. The number of benzene rings is 2. The van der Waals surface area contributed by atoms with Gasteiger partial charge in [0.1, 0.15) is 11.5 Å². The van der Waals surface area contributed by atoms with E-state index in [0.717, 1.165) is 6.21 Å². The van der Waals surface area contributed by atoms with E-state index in [1.165, 1.54) is 31.2 Å². The molecule has 3 rings (SSSR count). The van der Waals surface area contributed by atoms with Crippen LogP contribution in [0, 0.1) is 41.8 Å². The molecule has 1 heterocycles. The molecule has 2 aromatic carbocycles. The van der Waals surface area contributed by atoms with Crippen molar-refractivity contribution < 1.29 is 26.3 Å². The van der Waals surface area contributed by atoms with E-state index in [0.29, 0.717) is 5.56 Å². The maximum Gasteiger partial charge on any atom is 0.280 e. The summed E-state index contributed by atoms with van der Waals surface area (Å²) in [6.45, 7) is 1.44. The molecule has 3 aromatic rings. The van der Waals surface area contributed by atoms with Crippen LogP contribution in [0.2, 0.25) is 0 Å². The maximum absolute atomic E-state index is 14.0. The summed E-state index contributed by atoms with van der Waals surface area (Å²) in [5.74, 6) is -11.4. The Balaban J connectivity index is 2.01. The zero-order chi connectivity index (χ0) is 20.6. The molecular weight excluding hydrogens is 388 g/mol. The minimum absolute atomic E-state index is 0.0763. The Morgan fingerprint density at radius 1 is 0.929 bits per heavy atom. The second-order valence-corrected chi connectivity index (χ2v) is 5.81. The fourth-order valence-corrected chi connectivity index (χ4v) is 2.49. The Bertz CT molecular complexity index is 1100. The van der Waals surface area contributed by atoms with Crippen LogP contribution < -0.4 is 5.56 Å². The quantitative estimate of drug-likeness (QED) is 0.307. The fourth-order valence-electron chi connectivity index (χ4n) is 2.49. The third-order valence-electron chi connectivity index (χ3n) is 3.93. The summed E-state index contributed by atoms with van der Waals surface area (Å²) in [7, 11) is 0. The summed E-state index contributed by atoms with van der Waals surface area (Å²) in [6, 6.07) is 5.40. The van der Waals surface area contributed by atoms with Gasteiger partial charge in [-0.05, 0) is 24.6 Å². The number of hydrogen-bond acceptors (Lipinski definition) is 2. The monoisotopic (exact) mass is 399 g/mol. The lowest BCUT2D eigenvalue weighted by atomic mass is 10.2. The highest BCUT2D eigenvalue weighted by molar-refractivity contribution is 5.80. The van der Waals surface area contributed by atoms with Crippen LogP contribution >= 0.6 is 0 Å². The molecule has 146 valence electrons. The molecular formula is C18H11F6N3O. The van der Waals surface area contributed by atoms with E-state index in [4.69, 9.17) is 0 Å².